The maximum atomic E-state index is 12.1. The van der Waals surface area contributed by atoms with Gasteiger partial charge in [0.25, 0.3) is 5.91 Å². The molecule has 1 N–H and O–H groups in total. The average molecular weight is 439 g/mol. The van der Waals surface area contributed by atoms with Crippen molar-refractivity contribution >= 4 is 46.7 Å². The summed E-state index contributed by atoms with van der Waals surface area (Å²) in [6, 6.07) is 11.7. The number of hydrogen-bond acceptors (Lipinski definition) is 5. The number of anilines is 1. The molecule has 0 aliphatic rings. The average Bonchev–Trinajstić information content (AvgIpc) is 2.69. The molecule has 0 heterocycles. The molecule has 0 bridgehead atoms. The Morgan fingerprint density at radius 1 is 1.07 bits per heavy atom. The van der Waals surface area contributed by atoms with Gasteiger partial charge in [0, 0.05) is 34.4 Å². The van der Waals surface area contributed by atoms with Gasteiger partial charge in [-0.2, -0.15) is 0 Å². The number of ether oxygens (including phenoxy) is 2. The summed E-state index contributed by atoms with van der Waals surface area (Å²) in [5.74, 6) is -0.979. The Kier molecular flexibility index (Phi) is 8.30. The summed E-state index contributed by atoms with van der Waals surface area (Å²) < 4.78 is 10.1. The third-order valence-electron chi connectivity index (χ3n) is 3.90. The quantitative estimate of drug-likeness (QED) is 0.639. The van der Waals surface area contributed by atoms with E-state index in [1.54, 1.807) is 42.5 Å². The third-order valence-corrected chi connectivity index (χ3v) is 4.61. The fourth-order valence-electron chi connectivity index (χ4n) is 2.35. The minimum Gasteiger partial charge on any atom is -0.497 e. The maximum absolute atomic E-state index is 12.1. The van der Waals surface area contributed by atoms with Crippen molar-refractivity contribution in [2.45, 2.75) is 6.42 Å². The molecule has 2 aromatic rings. The third kappa shape index (κ3) is 6.96. The largest absolute Gasteiger partial charge is 0.497 e. The molecular weight excluding hydrogens is 419 g/mol. The number of amides is 2. The predicted octanol–water partition coefficient (Wildman–Crippen LogP) is 3.18. The van der Waals surface area contributed by atoms with Crippen LogP contribution >= 0.6 is 23.2 Å². The number of esters is 1. The first-order valence-electron chi connectivity index (χ1n) is 8.56. The Labute approximate surface area is 178 Å². The first kappa shape index (κ1) is 22.5. The van der Waals surface area contributed by atoms with Crippen LogP contribution in [-0.4, -0.2) is 50.0 Å². The minimum atomic E-state index is -0.650. The Balaban J connectivity index is 1.80. The molecule has 0 radical (unpaired) electrons. The zero-order valence-electron chi connectivity index (χ0n) is 15.9. The van der Waals surface area contributed by atoms with Crippen molar-refractivity contribution < 1.29 is 23.9 Å². The monoisotopic (exact) mass is 438 g/mol. The van der Waals surface area contributed by atoms with E-state index in [-0.39, 0.29) is 13.0 Å². The highest BCUT2D eigenvalue weighted by molar-refractivity contribution is 6.36. The number of rotatable bonds is 8. The topological polar surface area (TPSA) is 84.9 Å². The van der Waals surface area contributed by atoms with Gasteiger partial charge in [-0.3, -0.25) is 14.4 Å². The van der Waals surface area contributed by atoms with Crippen molar-refractivity contribution in [3.8, 4) is 5.75 Å². The maximum Gasteiger partial charge on any atom is 0.310 e. The van der Waals surface area contributed by atoms with Crippen LogP contribution in [0.25, 0.3) is 0 Å². The van der Waals surface area contributed by atoms with Crippen molar-refractivity contribution in [2.24, 2.45) is 0 Å². The summed E-state index contributed by atoms with van der Waals surface area (Å²) in [4.78, 5) is 37.3. The van der Waals surface area contributed by atoms with Crippen LogP contribution in [0.1, 0.15) is 5.56 Å². The molecule has 0 fully saturated rings. The Morgan fingerprint density at radius 3 is 2.38 bits per heavy atom. The highest BCUT2D eigenvalue weighted by Gasteiger charge is 2.17. The normalized spacial score (nSPS) is 10.2. The summed E-state index contributed by atoms with van der Waals surface area (Å²) in [5, 5.41) is 3.34. The van der Waals surface area contributed by atoms with Gasteiger partial charge < -0.3 is 19.7 Å². The molecule has 2 rings (SSSR count). The van der Waals surface area contributed by atoms with Crippen LogP contribution in [0, 0.1) is 0 Å². The minimum absolute atomic E-state index is 0.161. The van der Waals surface area contributed by atoms with E-state index in [0.717, 1.165) is 4.90 Å². The first-order valence-corrected chi connectivity index (χ1v) is 9.32. The Morgan fingerprint density at radius 2 is 1.72 bits per heavy atom. The molecule has 0 atom stereocenters. The Hall–Kier alpha value is -2.77. The summed E-state index contributed by atoms with van der Waals surface area (Å²) in [7, 11) is 2.96. The lowest BCUT2D eigenvalue weighted by molar-refractivity contribution is -0.151. The van der Waals surface area contributed by atoms with E-state index in [9.17, 15) is 14.4 Å². The van der Waals surface area contributed by atoms with Crippen molar-refractivity contribution in [1.82, 2.24) is 4.90 Å². The second-order valence-electron chi connectivity index (χ2n) is 6.07. The van der Waals surface area contributed by atoms with E-state index < -0.39 is 24.4 Å². The van der Waals surface area contributed by atoms with Crippen LogP contribution in [0.3, 0.4) is 0 Å². The number of halogens is 2. The van der Waals surface area contributed by atoms with E-state index in [1.807, 2.05) is 0 Å². The molecule has 0 aliphatic heterocycles. The number of likely N-dealkylation sites (N-methyl/N-ethyl adjacent to an activating group) is 1. The van der Waals surface area contributed by atoms with Gasteiger partial charge in [0.1, 0.15) is 5.75 Å². The van der Waals surface area contributed by atoms with E-state index in [2.05, 4.69) is 5.32 Å². The lowest BCUT2D eigenvalue weighted by Gasteiger charge is -2.17. The van der Waals surface area contributed by atoms with Crippen LogP contribution in [0.15, 0.2) is 42.5 Å². The van der Waals surface area contributed by atoms with Gasteiger partial charge in [-0.1, -0.05) is 35.3 Å². The molecule has 2 aromatic carbocycles. The van der Waals surface area contributed by atoms with E-state index in [0.29, 0.717) is 27.0 Å². The van der Waals surface area contributed by atoms with Crippen LogP contribution in [0.4, 0.5) is 5.69 Å². The molecule has 0 saturated heterocycles. The standard InChI is InChI=1S/C20H20Cl2N2O5/c1-24(11-18(25)23-13-5-3-6-14(9-13)28-2)19(26)12-29-20(27)10-15-16(21)7-4-8-17(15)22/h3-9H,10-12H2,1-2H3,(H,23,25). The first-order chi connectivity index (χ1) is 13.8. The second-order valence-corrected chi connectivity index (χ2v) is 6.88. The van der Waals surface area contributed by atoms with Crippen LogP contribution in [0.2, 0.25) is 10.0 Å². The molecular formula is C20H20Cl2N2O5. The number of hydrogen-bond donors (Lipinski definition) is 1. The molecule has 0 aliphatic carbocycles. The van der Waals surface area contributed by atoms with Crippen molar-refractivity contribution in [1.29, 1.82) is 0 Å². The van der Waals surface area contributed by atoms with Gasteiger partial charge >= 0.3 is 5.97 Å². The summed E-state index contributed by atoms with van der Waals surface area (Å²) in [5.41, 5.74) is 0.970. The molecule has 0 unspecified atom stereocenters. The van der Waals surface area contributed by atoms with Gasteiger partial charge in [0.15, 0.2) is 6.61 Å². The van der Waals surface area contributed by atoms with E-state index in [1.165, 1.54) is 14.2 Å². The smallest absolute Gasteiger partial charge is 0.310 e. The molecule has 9 heteroatoms. The number of nitrogens with zero attached hydrogens (tertiary/aromatic N) is 1. The van der Waals surface area contributed by atoms with Gasteiger partial charge in [-0.05, 0) is 24.3 Å². The number of nitrogens with one attached hydrogen (secondary N) is 1. The number of carbonyl (C=O) groups excluding carboxylic acids is 3. The summed E-state index contributed by atoms with van der Waals surface area (Å²) in [6.07, 6.45) is -0.161. The molecule has 0 saturated carbocycles. The van der Waals surface area contributed by atoms with Gasteiger partial charge in [0.2, 0.25) is 5.91 Å². The molecule has 154 valence electrons. The lowest BCUT2D eigenvalue weighted by Crippen LogP contribution is -2.37. The fraction of sp³-hybridized carbons (Fsp3) is 0.250. The van der Waals surface area contributed by atoms with E-state index in [4.69, 9.17) is 32.7 Å². The van der Waals surface area contributed by atoms with Gasteiger partial charge in [-0.25, -0.2) is 0 Å². The zero-order valence-corrected chi connectivity index (χ0v) is 17.4. The second kappa shape index (κ2) is 10.7. The highest BCUT2D eigenvalue weighted by atomic mass is 35.5. The zero-order chi connectivity index (χ0) is 21.4. The number of carbonyl (C=O) groups is 3. The molecule has 0 aromatic heterocycles. The van der Waals surface area contributed by atoms with Crippen molar-refractivity contribution in [2.75, 3.05) is 32.6 Å². The number of benzene rings is 2. The van der Waals surface area contributed by atoms with Gasteiger partial charge in [0.05, 0.1) is 20.1 Å². The van der Waals surface area contributed by atoms with E-state index >= 15 is 0 Å². The van der Waals surface area contributed by atoms with Crippen LogP contribution < -0.4 is 10.1 Å². The summed E-state index contributed by atoms with van der Waals surface area (Å²) >= 11 is 12.0. The van der Waals surface area contributed by atoms with Crippen LogP contribution in [0.5, 0.6) is 5.75 Å². The number of methoxy groups -OCH3 is 1. The highest BCUT2D eigenvalue weighted by Crippen LogP contribution is 2.24. The lowest BCUT2D eigenvalue weighted by atomic mass is 10.1. The summed E-state index contributed by atoms with van der Waals surface area (Å²) in [6.45, 7) is -0.701. The van der Waals surface area contributed by atoms with Crippen molar-refractivity contribution in [3.63, 3.8) is 0 Å². The van der Waals surface area contributed by atoms with Crippen molar-refractivity contribution in [3.05, 3.63) is 58.1 Å². The molecule has 0 spiro atoms. The SMILES string of the molecule is COc1cccc(NC(=O)CN(C)C(=O)COC(=O)Cc2c(Cl)cccc2Cl)c1. The molecule has 29 heavy (non-hydrogen) atoms. The molecule has 2 amide bonds. The fourth-order valence-corrected chi connectivity index (χ4v) is 2.89. The van der Waals surface area contributed by atoms with Crippen LogP contribution in [-0.2, 0) is 25.5 Å². The Bertz CT molecular complexity index is 884. The van der Waals surface area contributed by atoms with Gasteiger partial charge in [-0.15, -0.1) is 0 Å². The molecule has 7 nitrogen and oxygen atoms in total. The predicted molar refractivity (Wildman–Crippen MR) is 110 cm³/mol.